The second kappa shape index (κ2) is 9.64. The molecule has 2 amide bonds. The second-order valence-electron chi connectivity index (χ2n) is 7.99. The molecular formula is C24H28N4O4. The molecule has 168 valence electrons. The van der Waals surface area contributed by atoms with Gasteiger partial charge < -0.3 is 10.5 Å². The first-order valence-corrected chi connectivity index (χ1v) is 10.5. The van der Waals surface area contributed by atoms with E-state index in [4.69, 9.17) is 11.1 Å². The number of nitrogens with zero attached hydrogens (tertiary/aromatic N) is 2. The number of ether oxygens (including phenoxy) is 1. The third-order valence-electron chi connectivity index (χ3n) is 5.49. The molecule has 0 saturated carbocycles. The van der Waals surface area contributed by atoms with Gasteiger partial charge in [0, 0.05) is 42.2 Å². The van der Waals surface area contributed by atoms with Gasteiger partial charge in [0.25, 0.3) is 0 Å². The number of urea groups is 1. The van der Waals surface area contributed by atoms with Crippen LogP contribution in [-0.4, -0.2) is 43.8 Å². The normalized spacial score (nSPS) is 13.6. The molecule has 1 aliphatic rings. The number of rotatable bonds is 8. The number of esters is 1. The molecule has 3 rings (SSSR count). The number of anilines is 2. The number of aryl methyl sites for hydroxylation is 1. The lowest BCUT2D eigenvalue weighted by atomic mass is 9.98. The van der Waals surface area contributed by atoms with E-state index >= 15 is 0 Å². The van der Waals surface area contributed by atoms with Crippen LogP contribution in [0.5, 0.6) is 0 Å². The van der Waals surface area contributed by atoms with E-state index in [-0.39, 0.29) is 29.5 Å². The molecule has 8 nitrogen and oxygen atoms in total. The van der Waals surface area contributed by atoms with Gasteiger partial charge >= 0.3 is 12.0 Å². The monoisotopic (exact) mass is 436 g/mol. The van der Waals surface area contributed by atoms with E-state index in [1.54, 1.807) is 28.0 Å². The van der Waals surface area contributed by atoms with Crippen LogP contribution >= 0.6 is 0 Å². The maximum absolute atomic E-state index is 13.2. The highest BCUT2D eigenvalue weighted by atomic mass is 16.5. The van der Waals surface area contributed by atoms with Gasteiger partial charge in [-0.15, -0.1) is 0 Å². The molecule has 0 atom stereocenters. The van der Waals surface area contributed by atoms with Crippen molar-refractivity contribution in [3.8, 4) is 0 Å². The molecule has 0 unspecified atom stereocenters. The summed E-state index contributed by atoms with van der Waals surface area (Å²) in [6.45, 7) is 4.53. The molecule has 1 fully saturated rings. The summed E-state index contributed by atoms with van der Waals surface area (Å²) in [5, 5.41) is 7.95. The number of hydrogen-bond acceptors (Lipinski definition) is 5. The number of hydrogen-bond donors (Lipinski definition) is 2. The van der Waals surface area contributed by atoms with Crippen molar-refractivity contribution in [2.45, 2.75) is 26.7 Å². The van der Waals surface area contributed by atoms with Crippen molar-refractivity contribution in [3.05, 3.63) is 59.2 Å². The highest BCUT2D eigenvalue weighted by Gasteiger charge is 2.32. The van der Waals surface area contributed by atoms with Gasteiger partial charge in [0.2, 0.25) is 0 Å². The fraction of sp³-hybridized carbons (Fsp3) is 0.333. The predicted molar refractivity (Wildman–Crippen MR) is 123 cm³/mol. The minimum absolute atomic E-state index is 0.0410. The summed E-state index contributed by atoms with van der Waals surface area (Å²) in [6, 6.07) is 12.2. The molecule has 0 aliphatic carbocycles. The molecule has 0 bridgehead atoms. The van der Waals surface area contributed by atoms with E-state index in [0.29, 0.717) is 42.7 Å². The summed E-state index contributed by atoms with van der Waals surface area (Å²) in [5.74, 6) is -0.678. The molecular weight excluding hydrogens is 408 g/mol. The number of carbonyl (C=O) groups excluding carboxylic acids is 3. The number of nitrogens with one attached hydrogen (secondary N) is 1. The van der Waals surface area contributed by atoms with Gasteiger partial charge in [0.05, 0.1) is 12.8 Å². The summed E-state index contributed by atoms with van der Waals surface area (Å²) in [5.41, 5.74) is 8.86. The van der Waals surface area contributed by atoms with Crippen molar-refractivity contribution in [1.29, 1.82) is 5.41 Å². The van der Waals surface area contributed by atoms with Crippen LogP contribution < -0.4 is 15.5 Å². The molecule has 1 heterocycles. The summed E-state index contributed by atoms with van der Waals surface area (Å²) < 4.78 is 4.66. The van der Waals surface area contributed by atoms with Crippen LogP contribution in [0.2, 0.25) is 0 Å². The fourth-order valence-electron chi connectivity index (χ4n) is 3.66. The molecule has 3 N–H and O–H groups in total. The Morgan fingerprint density at radius 2 is 1.75 bits per heavy atom. The van der Waals surface area contributed by atoms with Crippen LogP contribution in [0.4, 0.5) is 16.2 Å². The zero-order valence-electron chi connectivity index (χ0n) is 18.6. The Labute approximate surface area is 187 Å². The van der Waals surface area contributed by atoms with E-state index in [1.165, 1.54) is 7.11 Å². The molecule has 8 heteroatoms. The maximum atomic E-state index is 13.2. The summed E-state index contributed by atoms with van der Waals surface area (Å²) >= 11 is 0. The Morgan fingerprint density at radius 3 is 2.34 bits per heavy atom. The Kier molecular flexibility index (Phi) is 6.92. The van der Waals surface area contributed by atoms with E-state index in [2.05, 4.69) is 4.74 Å². The average Bonchev–Trinajstić information content (AvgIpc) is 3.17. The molecule has 1 saturated heterocycles. The Hall–Kier alpha value is -3.68. The number of amides is 2. The van der Waals surface area contributed by atoms with Gasteiger partial charge in [-0.1, -0.05) is 26.0 Å². The number of ketones is 1. The maximum Gasteiger partial charge on any atom is 0.329 e. The largest absolute Gasteiger partial charge is 0.469 e. The topological polar surface area (TPSA) is 117 Å². The van der Waals surface area contributed by atoms with Crippen molar-refractivity contribution in [2.24, 2.45) is 11.7 Å². The third-order valence-corrected chi connectivity index (χ3v) is 5.49. The Bertz CT molecular complexity index is 1050. The Balaban J connectivity index is 1.80. The lowest BCUT2D eigenvalue weighted by Crippen LogP contribution is -2.33. The molecule has 32 heavy (non-hydrogen) atoms. The molecule has 0 aromatic heterocycles. The van der Waals surface area contributed by atoms with E-state index in [1.807, 2.05) is 38.1 Å². The lowest BCUT2D eigenvalue weighted by Gasteiger charge is -2.22. The first-order chi connectivity index (χ1) is 15.2. The van der Waals surface area contributed by atoms with Gasteiger partial charge in [-0.2, -0.15) is 0 Å². The summed E-state index contributed by atoms with van der Waals surface area (Å²) in [4.78, 5) is 40.1. The van der Waals surface area contributed by atoms with Crippen molar-refractivity contribution in [1.82, 2.24) is 0 Å². The predicted octanol–water partition coefficient (Wildman–Crippen LogP) is 3.36. The van der Waals surface area contributed by atoms with Gasteiger partial charge in [0.1, 0.15) is 5.84 Å². The molecule has 0 radical (unpaired) electrons. The van der Waals surface area contributed by atoms with E-state index < -0.39 is 0 Å². The highest BCUT2D eigenvalue weighted by Crippen LogP contribution is 2.29. The minimum atomic E-state index is -0.262. The van der Waals surface area contributed by atoms with E-state index in [0.717, 1.165) is 11.3 Å². The summed E-state index contributed by atoms with van der Waals surface area (Å²) in [6.07, 6.45) is 0.867. The van der Waals surface area contributed by atoms with Crippen LogP contribution in [0, 0.1) is 11.3 Å². The van der Waals surface area contributed by atoms with Crippen molar-refractivity contribution in [2.75, 3.05) is 30.0 Å². The fourth-order valence-corrected chi connectivity index (χ4v) is 3.66. The molecule has 2 aromatic carbocycles. The number of amidine groups is 1. The van der Waals surface area contributed by atoms with Crippen LogP contribution in [0.15, 0.2) is 42.5 Å². The van der Waals surface area contributed by atoms with Crippen LogP contribution in [0.1, 0.15) is 41.8 Å². The first-order valence-electron chi connectivity index (χ1n) is 10.5. The highest BCUT2D eigenvalue weighted by molar-refractivity contribution is 6.12. The van der Waals surface area contributed by atoms with Crippen LogP contribution in [0.25, 0.3) is 0 Å². The standard InChI is InChI=1S/C24H28N4O4/c1-15(2)22(30)17-7-10-20(19(14-17)23(25)26)28-13-12-27(24(28)31)18-8-4-16(5-9-18)6-11-21(29)32-3/h4-5,7-10,14-15H,6,11-13H2,1-3H3,(H3,25,26). The summed E-state index contributed by atoms with van der Waals surface area (Å²) in [7, 11) is 1.36. The van der Waals surface area contributed by atoms with Crippen LogP contribution in [-0.2, 0) is 16.0 Å². The van der Waals surface area contributed by atoms with Gasteiger partial charge in [0.15, 0.2) is 5.78 Å². The molecule has 2 aromatic rings. The third kappa shape index (κ3) is 4.80. The number of carbonyl (C=O) groups is 3. The number of Topliss-reactive ketones (excluding diaryl/α,β-unsaturated/α-hetero) is 1. The Morgan fingerprint density at radius 1 is 1.09 bits per heavy atom. The van der Waals surface area contributed by atoms with Crippen molar-refractivity contribution < 1.29 is 19.1 Å². The van der Waals surface area contributed by atoms with Gasteiger partial charge in [-0.05, 0) is 42.3 Å². The van der Waals surface area contributed by atoms with Crippen molar-refractivity contribution >= 4 is 35.0 Å². The number of nitrogen functional groups attached to an aromatic ring is 1. The first kappa shape index (κ1) is 23.0. The zero-order valence-corrected chi connectivity index (χ0v) is 18.6. The quantitative estimate of drug-likeness (QED) is 0.285. The van der Waals surface area contributed by atoms with Crippen LogP contribution in [0.3, 0.4) is 0 Å². The number of benzene rings is 2. The van der Waals surface area contributed by atoms with Gasteiger partial charge in [-0.25, -0.2) is 4.79 Å². The SMILES string of the molecule is COC(=O)CCc1ccc(N2CCN(c3ccc(C(=O)C(C)C)cc3C(=N)N)C2=O)cc1. The minimum Gasteiger partial charge on any atom is -0.469 e. The van der Waals surface area contributed by atoms with Gasteiger partial charge in [-0.3, -0.25) is 24.8 Å². The average molecular weight is 437 g/mol. The smallest absolute Gasteiger partial charge is 0.329 e. The lowest BCUT2D eigenvalue weighted by molar-refractivity contribution is -0.140. The van der Waals surface area contributed by atoms with Crippen molar-refractivity contribution in [3.63, 3.8) is 0 Å². The molecule has 0 spiro atoms. The second-order valence-corrected chi connectivity index (χ2v) is 7.99. The number of methoxy groups -OCH3 is 1. The molecule has 1 aliphatic heterocycles. The number of nitrogens with two attached hydrogens (primary N) is 1. The zero-order chi connectivity index (χ0) is 23.4. The van der Waals surface area contributed by atoms with E-state index in [9.17, 15) is 14.4 Å².